The van der Waals surface area contributed by atoms with Crippen molar-refractivity contribution in [1.29, 1.82) is 0 Å². The number of hydrazone groups is 1. The first-order valence-electron chi connectivity index (χ1n) is 12.9. The lowest BCUT2D eigenvalue weighted by atomic mass is 9.85. The highest BCUT2D eigenvalue weighted by Crippen LogP contribution is 2.31. The molecule has 0 heterocycles. The summed E-state index contributed by atoms with van der Waals surface area (Å²) in [4.78, 5) is 28.9. The maximum Gasteiger partial charge on any atom is 0.408 e. The van der Waals surface area contributed by atoms with Crippen LogP contribution in [0.2, 0.25) is 0 Å². The van der Waals surface area contributed by atoms with E-state index >= 15 is 0 Å². The van der Waals surface area contributed by atoms with Crippen molar-refractivity contribution in [3.05, 3.63) is 94.2 Å². The van der Waals surface area contributed by atoms with E-state index in [4.69, 9.17) is 15.6 Å². The van der Waals surface area contributed by atoms with Gasteiger partial charge >= 0.3 is 12.1 Å². The summed E-state index contributed by atoms with van der Waals surface area (Å²) in [5, 5.41) is 27.2. The summed E-state index contributed by atoms with van der Waals surface area (Å²) < 4.78 is 5.21. The first kappa shape index (κ1) is 27.8. The lowest BCUT2D eigenvalue weighted by Crippen LogP contribution is -2.43. The van der Waals surface area contributed by atoms with E-state index in [2.05, 4.69) is 10.4 Å². The van der Waals surface area contributed by atoms with Gasteiger partial charge in [-0.05, 0) is 57.2 Å². The van der Waals surface area contributed by atoms with Crippen molar-refractivity contribution in [2.45, 2.75) is 64.2 Å². The number of hydrogen-bond acceptors (Lipinski definition) is 7. The molecule has 0 aromatic heterocycles. The second-order valence-electron chi connectivity index (χ2n) is 10.6. The zero-order chi connectivity index (χ0) is 28.2. The monoisotopic (exact) mass is 530 g/mol. The van der Waals surface area contributed by atoms with Gasteiger partial charge in [-0.3, -0.25) is 4.99 Å². The quantitative estimate of drug-likeness (QED) is 0.333. The number of carbonyl (C=O) groups excluding carboxylic acids is 1. The van der Waals surface area contributed by atoms with E-state index in [-0.39, 0.29) is 6.42 Å². The molecule has 204 valence electrons. The smallest absolute Gasteiger partial charge is 0.408 e. The molecule has 2 unspecified atom stereocenters. The molecule has 39 heavy (non-hydrogen) atoms. The van der Waals surface area contributed by atoms with E-state index in [1.165, 1.54) is 0 Å². The summed E-state index contributed by atoms with van der Waals surface area (Å²) in [7, 11) is 0. The Morgan fingerprint density at radius 3 is 2.38 bits per heavy atom. The Balaban J connectivity index is 1.64. The molecular formula is C30H34N4O5. The van der Waals surface area contributed by atoms with Crippen LogP contribution in [0.4, 0.5) is 4.79 Å². The third-order valence-corrected chi connectivity index (χ3v) is 6.54. The SMILES string of the molecule is CC(C)(C)OC(=O)NC(CC1=CC=C(N=C2C(=NN)c3ccccc3C(O)Cc3ccccc32)CC1)C(=O)O. The van der Waals surface area contributed by atoms with Crippen LogP contribution in [0.5, 0.6) is 0 Å². The molecule has 4 rings (SSSR count). The predicted octanol–water partition coefficient (Wildman–Crippen LogP) is 4.40. The van der Waals surface area contributed by atoms with Crippen molar-refractivity contribution in [2.75, 3.05) is 0 Å². The number of amides is 1. The first-order chi connectivity index (χ1) is 18.6. The van der Waals surface area contributed by atoms with E-state index < -0.39 is 29.8 Å². The van der Waals surface area contributed by atoms with Crippen LogP contribution in [0.25, 0.3) is 0 Å². The minimum absolute atomic E-state index is 0.151. The van der Waals surface area contributed by atoms with Crippen LogP contribution in [0.15, 0.2) is 82.0 Å². The minimum atomic E-state index is -1.13. The van der Waals surface area contributed by atoms with Crippen molar-refractivity contribution in [3.63, 3.8) is 0 Å². The van der Waals surface area contributed by atoms with Gasteiger partial charge in [0.2, 0.25) is 0 Å². The molecule has 2 aliphatic rings. The Hall–Kier alpha value is -4.24. The maximum absolute atomic E-state index is 12.1. The number of carboxylic acids is 1. The van der Waals surface area contributed by atoms with Crippen LogP contribution >= 0.6 is 0 Å². The van der Waals surface area contributed by atoms with E-state index in [0.29, 0.717) is 30.7 Å². The number of carboxylic acid groups (broad SMARTS) is 1. The average molecular weight is 531 g/mol. The number of ether oxygens (including phenoxy) is 1. The average Bonchev–Trinajstić information content (AvgIpc) is 2.88. The van der Waals surface area contributed by atoms with Crippen LogP contribution in [0, 0.1) is 0 Å². The molecule has 1 amide bonds. The molecule has 2 atom stereocenters. The summed E-state index contributed by atoms with van der Waals surface area (Å²) in [6.07, 6.45) is 3.95. The Bertz CT molecular complexity index is 1380. The highest BCUT2D eigenvalue weighted by Gasteiger charge is 2.28. The van der Waals surface area contributed by atoms with Crippen molar-refractivity contribution < 1.29 is 24.5 Å². The lowest BCUT2D eigenvalue weighted by molar-refractivity contribution is -0.139. The van der Waals surface area contributed by atoms with Gasteiger partial charge in [0.1, 0.15) is 17.4 Å². The van der Waals surface area contributed by atoms with Gasteiger partial charge in [0.05, 0.1) is 11.8 Å². The van der Waals surface area contributed by atoms with E-state index in [0.717, 1.165) is 33.5 Å². The van der Waals surface area contributed by atoms with Crippen molar-refractivity contribution in [3.8, 4) is 0 Å². The lowest BCUT2D eigenvalue weighted by Gasteiger charge is -2.24. The fraction of sp³-hybridized carbons (Fsp3) is 0.333. The number of hydrogen-bond donors (Lipinski definition) is 4. The van der Waals surface area contributed by atoms with E-state index in [1.54, 1.807) is 20.8 Å². The number of carbonyl (C=O) groups is 2. The molecule has 0 saturated carbocycles. The Morgan fingerprint density at radius 1 is 1.05 bits per heavy atom. The van der Waals surface area contributed by atoms with Crippen LogP contribution in [0.1, 0.15) is 68.4 Å². The van der Waals surface area contributed by atoms with Gasteiger partial charge in [0.15, 0.2) is 0 Å². The number of nitrogens with one attached hydrogen (secondary N) is 1. The molecule has 9 heteroatoms. The molecule has 2 aromatic carbocycles. The second kappa shape index (κ2) is 11.7. The number of aliphatic hydroxyl groups is 1. The second-order valence-corrected chi connectivity index (χ2v) is 10.6. The normalized spacial score (nSPS) is 20.1. The molecule has 0 saturated heterocycles. The van der Waals surface area contributed by atoms with E-state index in [9.17, 15) is 19.8 Å². The highest BCUT2D eigenvalue weighted by molar-refractivity contribution is 6.54. The zero-order valence-corrected chi connectivity index (χ0v) is 22.3. The van der Waals surface area contributed by atoms with Gasteiger partial charge < -0.3 is 26.1 Å². The predicted molar refractivity (Wildman–Crippen MR) is 150 cm³/mol. The summed E-state index contributed by atoms with van der Waals surface area (Å²) in [5.74, 6) is 4.78. The van der Waals surface area contributed by atoms with Gasteiger partial charge in [-0.2, -0.15) is 5.10 Å². The number of alkyl carbamates (subject to hydrolysis) is 1. The topological polar surface area (TPSA) is 147 Å². The first-order valence-corrected chi connectivity index (χ1v) is 12.9. The molecule has 2 aliphatic carbocycles. The third kappa shape index (κ3) is 6.80. The molecule has 2 aromatic rings. The van der Waals surface area contributed by atoms with Crippen molar-refractivity contribution in [1.82, 2.24) is 5.32 Å². The van der Waals surface area contributed by atoms with Gasteiger partial charge in [-0.1, -0.05) is 60.2 Å². The molecule has 0 radical (unpaired) electrons. The van der Waals surface area contributed by atoms with Crippen LogP contribution in [-0.2, 0) is 16.0 Å². The summed E-state index contributed by atoms with van der Waals surface area (Å²) >= 11 is 0. The Labute approximate surface area is 227 Å². The van der Waals surface area contributed by atoms with E-state index in [1.807, 2.05) is 60.7 Å². The molecule has 9 nitrogen and oxygen atoms in total. The zero-order valence-electron chi connectivity index (χ0n) is 22.3. The number of nitrogens with zero attached hydrogens (tertiary/aromatic N) is 2. The minimum Gasteiger partial charge on any atom is -0.480 e. The summed E-state index contributed by atoms with van der Waals surface area (Å²) in [6.45, 7) is 5.15. The van der Waals surface area contributed by atoms with Gasteiger partial charge in [0.25, 0.3) is 0 Å². The molecular weight excluding hydrogens is 496 g/mol. The maximum atomic E-state index is 12.1. The summed E-state index contributed by atoms with van der Waals surface area (Å²) in [5.41, 5.74) is 5.28. The third-order valence-electron chi connectivity index (χ3n) is 6.54. The van der Waals surface area contributed by atoms with Gasteiger partial charge in [-0.15, -0.1) is 0 Å². The highest BCUT2D eigenvalue weighted by atomic mass is 16.6. The number of fused-ring (bicyclic) bond motifs is 2. The molecule has 0 fully saturated rings. The number of benzene rings is 2. The van der Waals surface area contributed by atoms with Crippen LogP contribution < -0.4 is 11.2 Å². The number of allylic oxidation sites excluding steroid dienone is 3. The number of aliphatic carboxylic acids is 1. The van der Waals surface area contributed by atoms with Crippen molar-refractivity contribution >= 4 is 23.5 Å². The Morgan fingerprint density at radius 2 is 1.74 bits per heavy atom. The molecule has 0 spiro atoms. The van der Waals surface area contributed by atoms with Gasteiger partial charge in [-0.25, -0.2) is 9.59 Å². The number of rotatable bonds is 5. The Kier molecular flexibility index (Phi) is 8.30. The molecule has 0 bridgehead atoms. The van der Waals surface area contributed by atoms with Gasteiger partial charge in [0, 0.05) is 23.2 Å². The number of aliphatic hydroxyl groups excluding tert-OH is 1. The van der Waals surface area contributed by atoms with Crippen LogP contribution in [0.3, 0.4) is 0 Å². The standard InChI is InChI=1S/C30H34N4O5/c1-30(2,3)39-29(38)33-24(28(36)37)16-18-12-14-20(15-13-18)32-26-21-9-5-4-8-19(21)17-25(35)22-10-6-7-11-23(22)27(26)34-31/h4-12,14,24-25,35H,13,15-17,31H2,1-3H3,(H,33,38)(H,36,37). The molecule has 5 N–H and O–H groups in total. The van der Waals surface area contributed by atoms with Crippen LogP contribution in [-0.4, -0.2) is 45.3 Å². The fourth-order valence-electron chi connectivity index (χ4n) is 4.74. The number of aliphatic imine (C=N–C) groups is 1. The number of nitrogens with two attached hydrogens (primary N) is 1. The molecule has 0 aliphatic heterocycles. The summed E-state index contributed by atoms with van der Waals surface area (Å²) in [6, 6.07) is 14.1. The largest absolute Gasteiger partial charge is 0.480 e. The van der Waals surface area contributed by atoms with Crippen molar-refractivity contribution in [2.24, 2.45) is 15.9 Å². The fourth-order valence-corrected chi connectivity index (χ4v) is 4.74.